The molecule has 0 aliphatic heterocycles. The number of rotatable bonds is 5. The number of carboxylic acids is 1. The molecule has 0 fully saturated rings. The van der Waals surface area contributed by atoms with Gasteiger partial charge in [-0.1, -0.05) is 62.2 Å². The van der Waals surface area contributed by atoms with Crippen molar-refractivity contribution in [2.75, 3.05) is 0 Å². The van der Waals surface area contributed by atoms with E-state index in [9.17, 15) is 4.79 Å². The van der Waals surface area contributed by atoms with E-state index in [4.69, 9.17) is 9.84 Å². The SMILES string of the molecule is CC(C)c1ccccc1-c1cccc(COc2ccc(C#CC(=O)O)cc2)c1. The van der Waals surface area contributed by atoms with Crippen molar-refractivity contribution in [2.24, 2.45) is 0 Å². The maximum atomic E-state index is 10.5. The summed E-state index contributed by atoms with van der Waals surface area (Å²) < 4.78 is 5.88. The first kappa shape index (κ1) is 19.3. The van der Waals surface area contributed by atoms with Crippen LogP contribution in [0.4, 0.5) is 0 Å². The molecule has 3 heteroatoms. The van der Waals surface area contributed by atoms with Crippen molar-refractivity contribution in [3.63, 3.8) is 0 Å². The average Bonchev–Trinajstić information content (AvgIpc) is 2.71. The van der Waals surface area contributed by atoms with Crippen LogP contribution >= 0.6 is 0 Å². The Balaban J connectivity index is 1.72. The Morgan fingerprint density at radius 1 is 1.00 bits per heavy atom. The van der Waals surface area contributed by atoms with E-state index in [-0.39, 0.29) is 0 Å². The summed E-state index contributed by atoms with van der Waals surface area (Å²) in [4.78, 5) is 10.5. The molecule has 3 aromatic rings. The molecular formula is C25H22O3. The number of carbonyl (C=O) groups is 1. The van der Waals surface area contributed by atoms with Gasteiger partial charge in [0.25, 0.3) is 0 Å². The summed E-state index contributed by atoms with van der Waals surface area (Å²) in [5, 5.41) is 8.59. The number of benzene rings is 3. The lowest BCUT2D eigenvalue weighted by molar-refractivity contribution is -0.130. The fraction of sp³-hybridized carbons (Fsp3) is 0.160. The Kier molecular flexibility index (Phi) is 6.14. The Labute approximate surface area is 165 Å². The third-order valence-electron chi connectivity index (χ3n) is 4.39. The summed E-state index contributed by atoms with van der Waals surface area (Å²) in [6.07, 6.45) is 0. The molecule has 0 aromatic heterocycles. The van der Waals surface area contributed by atoms with E-state index in [2.05, 4.69) is 68.2 Å². The molecule has 3 nitrogen and oxygen atoms in total. The van der Waals surface area contributed by atoms with Crippen LogP contribution in [0.15, 0.2) is 72.8 Å². The van der Waals surface area contributed by atoms with Crippen LogP contribution in [0.1, 0.15) is 36.5 Å². The van der Waals surface area contributed by atoms with E-state index >= 15 is 0 Å². The van der Waals surface area contributed by atoms with Crippen LogP contribution < -0.4 is 4.74 Å². The number of ether oxygens (including phenoxy) is 1. The Morgan fingerprint density at radius 2 is 1.75 bits per heavy atom. The van der Waals surface area contributed by atoms with Gasteiger partial charge < -0.3 is 9.84 Å². The van der Waals surface area contributed by atoms with Gasteiger partial charge >= 0.3 is 5.97 Å². The molecule has 28 heavy (non-hydrogen) atoms. The normalized spacial score (nSPS) is 10.2. The van der Waals surface area contributed by atoms with Crippen LogP contribution in [0.2, 0.25) is 0 Å². The zero-order valence-corrected chi connectivity index (χ0v) is 16.0. The summed E-state index contributed by atoms with van der Waals surface area (Å²) in [6, 6.07) is 24.0. The van der Waals surface area contributed by atoms with Gasteiger partial charge in [0, 0.05) is 11.5 Å². The fourth-order valence-electron chi connectivity index (χ4n) is 3.02. The van der Waals surface area contributed by atoms with Gasteiger partial charge in [-0.2, -0.15) is 0 Å². The number of hydrogen-bond donors (Lipinski definition) is 1. The van der Waals surface area contributed by atoms with Crippen molar-refractivity contribution in [3.05, 3.63) is 89.5 Å². The van der Waals surface area contributed by atoms with Gasteiger partial charge in [0.2, 0.25) is 0 Å². The summed E-state index contributed by atoms with van der Waals surface area (Å²) in [5.74, 6) is 4.71. The Bertz CT molecular complexity index is 1020. The number of carboxylic acid groups (broad SMARTS) is 1. The molecule has 0 spiro atoms. The van der Waals surface area contributed by atoms with Crippen molar-refractivity contribution in [3.8, 4) is 28.7 Å². The molecule has 3 aromatic carbocycles. The average molecular weight is 370 g/mol. The van der Waals surface area contributed by atoms with Gasteiger partial charge in [-0.25, -0.2) is 4.79 Å². The van der Waals surface area contributed by atoms with Crippen molar-refractivity contribution < 1.29 is 14.6 Å². The highest BCUT2D eigenvalue weighted by molar-refractivity contribution is 5.87. The van der Waals surface area contributed by atoms with E-state index in [0.29, 0.717) is 23.8 Å². The van der Waals surface area contributed by atoms with Gasteiger partial charge in [-0.3, -0.25) is 0 Å². The van der Waals surface area contributed by atoms with Crippen molar-refractivity contribution in [2.45, 2.75) is 26.4 Å². The second-order valence-corrected chi connectivity index (χ2v) is 6.81. The minimum atomic E-state index is -1.14. The van der Waals surface area contributed by atoms with E-state index < -0.39 is 5.97 Å². The van der Waals surface area contributed by atoms with Crippen LogP contribution in [-0.4, -0.2) is 11.1 Å². The molecule has 0 aliphatic carbocycles. The van der Waals surface area contributed by atoms with Crippen LogP contribution in [0.5, 0.6) is 5.75 Å². The van der Waals surface area contributed by atoms with E-state index in [1.54, 1.807) is 24.3 Å². The first-order chi connectivity index (χ1) is 13.5. The first-order valence-corrected chi connectivity index (χ1v) is 9.19. The lowest BCUT2D eigenvalue weighted by atomic mass is 9.92. The van der Waals surface area contributed by atoms with Gasteiger partial charge in [0.1, 0.15) is 12.4 Å². The van der Waals surface area contributed by atoms with E-state index in [1.165, 1.54) is 16.7 Å². The predicted octanol–water partition coefficient (Wildman–Crippen LogP) is 5.49. The molecule has 0 heterocycles. The predicted molar refractivity (Wildman–Crippen MR) is 111 cm³/mol. The molecule has 0 unspecified atom stereocenters. The maximum absolute atomic E-state index is 10.5. The summed E-state index contributed by atoms with van der Waals surface area (Å²) in [7, 11) is 0. The first-order valence-electron chi connectivity index (χ1n) is 9.19. The van der Waals surface area contributed by atoms with Crippen LogP contribution in [-0.2, 0) is 11.4 Å². The molecular weight excluding hydrogens is 348 g/mol. The van der Waals surface area contributed by atoms with Gasteiger partial charge in [0.05, 0.1) is 0 Å². The zero-order valence-electron chi connectivity index (χ0n) is 16.0. The fourth-order valence-corrected chi connectivity index (χ4v) is 3.02. The minimum absolute atomic E-state index is 0.456. The molecule has 0 saturated heterocycles. The molecule has 0 amide bonds. The monoisotopic (exact) mass is 370 g/mol. The summed E-state index contributed by atoms with van der Waals surface area (Å²) in [6.45, 7) is 4.87. The third kappa shape index (κ3) is 5.02. The van der Waals surface area contributed by atoms with Crippen molar-refractivity contribution in [1.29, 1.82) is 0 Å². The van der Waals surface area contributed by atoms with E-state index in [1.807, 2.05) is 6.07 Å². The quantitative estimate of drug-likeness (QED) is 0.604. The highest BCUT2D eigenvalue weighted by Crippen LogP contribution is 2.29. The standard InChI is InChI=1S/C25H22O3/c1-18(2)23-8-3-4-9-24(23)21-7-5-6-20(16-21)17-28-22-13-10-19(11-14-22)12-15-25(26)27/h3-11,13-14,16,18H,17H2,1-2H3,(H,26,27). The Morgan fingerprint density at radius 3 is 2.46 bits per heavy atom. The number of aliphatic carboxylic acids is 1. The van der Waals surface area contributed by atoms with E-state index in [0.717, 1.165) is 5.56 Å². The van der Waals surface area contributed by atoms with Crippen LogP contribution in [0.25, 0.3) is 11.1 Å². The summed E-state index contributed by atoms with van der Waals surface area (Å²) >= 11 is 0. The third-order valence-corrected chi connectivity index (χ3v) is 4.39. The second-order valence-electron chi connectivity index (χ2n) is 6.81. The van der Waals surface area contributed by atoms with Gasteiger partial charge in [-0.15, -0.1) is 0 Å². The molecule has 0 atom stereocenters. The van der Waals surface area contributed by atoms with Crippen LogP contribution in [0, 0.1) is 11.8 Å². The molecule has 1 N–H and O–H groups in total. The van der Waals surface area contributed by atoms with Gasteiger partial charge in [0.15, 0.2) is 0 Å². The smallest absolute Gasteiger partial charge is 0.382 e. The van der Waals surface area contributed by atoms with Crippen molar-refractivity contribution >= 4 is 5.97 Å². The topological polar surface area (TPSA) is 46.5 Å². The highest BCUT2D eigenvalue weighted by Gasteiger charge is 2.08. The largest absolute Gasteiger partial charge is 0.489 e. The molecule has 3 rings (SSSR count). The highest BCUT2D eigenvalue weighted by atomic mass is 16.5. The maximum Gasteiger partial charge on any atom is 0.382 e. The number of hydrogen-bond acceptors (Lipinski definition) is 2. The molecule has 0 bridgehead atoms. The lowest BCUT2D eigenvalue weighted by Crippen LogP contribution is -1.97. The zero-order chi connectivity index (χ0) is 19.9. The summed E-state index contributed by atoms with van der Waals surface area (Å²) in [5.41, 5.74) is 5.50. The minimum Gasteiger partial charge on any atom is -0.489 e. The van der Waals surface area contributed by atoms with Crippen molar-refractivity contribution in [1.82, 2.24) is 0 Å². The molecule has 0 saturated carbocycles. The lowest BCUT2D eigenvalue weighted by Gasteiger charge is -2.14. The van der Waals surface area contributed by atoms with Crippen LogP contribution in [0.3, 0.4) is 0 Å². The second kappa shape index (κ2) is 8.92. The molecule has 140 valence electrons. The Hall–Kier alpha value is -3.51. The van der Waals surface area contributed by atoms with Gasteiger partial charge in [-0.05, 0) is 58.5 Å². The molecule has 0 radical (unpaired) electrons. The molecule has 0 aliphatic rings.